The summed E-state index contributed by atoms with van der Waals surface area (Å²) in [5, 5.41) is 5.44. The van der Waals surface area contributed by atoms with Gasteiger partial charge in [0.2, 0.25) is 5.91 Å². The number of benzene rings is 2. The first-order valence-corrected chi connectivity index (χ1v) is 10.7. The van der Waals surface area contributed by atoms with Crippen molar-refractivity contribution in [3.8, 4) is 5.75 Å². The van der Waals surface area contributed by atoms with E-state index in [0.717, 1.165) is 11.3 Å². The molecule has 2 amide bonds. The maximum absolute atomic E-state index is 12.5. The lowest BCUT2D eigenvalue weighted by atomic mass is 9.87. The fourth-order valence-corrected chi connectivity index (χ4v) is 3.06. The standard InChI is InChI=1S/C26H30N2O4/c1-18(24(29)27-16-23-6-5-15-31-23)28-25(30)20-9-7-19(8-10-20)17-32-22-13-11-21(12-14-22)26(2,3)4/h5-15,18H,16-17H2,1-4H3,(H,27,29)(H,28,30). The number of furan rings is 1. The molecular weight excluding hydrogens is 404 g/mol. The van der Waals surface area contributed by atoms with Crippen LogP contribution in [-0.4, -0.2) is 17.9 Å². The predicted octanol–water partition coefficient (Wildman–Crippen LogP) is 4.59. The lowest BCUT2D eigenvalue weighted by Crippen LogP contribution is -2.44. The average molecular weight is 435 g/mol. The zero-order chi connectivity index (χ0) is 23.1. The van der Waals surface area contributed by atoms with Crippen LogP contribution >= 0.6 is 0 Å². The molecule has 32 heavy (non-hydrogen) atoms. The normalized spacial score (nSPS) is 12.1. The predicted molar refractivity (Wildman–Crippen MR) is 123 cm³/mol. The van der Waals surface area contributed by atoms with E-state index in [9.17, 15) is 9.59 Å². The monoisotopic (exact) mass is 434 g/mol. The molecule has 3 aromatic rings. The van der Waals surface area contributed by atoms with E-state index in [0.29, 0.717) is 17.9 Å². The van der Waals surface area contributed by atoms with Crippen LogP contribution in [0.2, 0.25) is 0 Å². The highest BCUT2D eigenvalue weighted by atomic mass is 16.5. The third kappa shape index (κ3) is 6.48. The molecule has 0 radical (unpaired) electrons. The van der Waals surface area contributed by atoms with Crippen molar-refractivity contribution in [1.29, 1.82) is 0 Å². The summed E-state index contributed by atoms with van der Waals surface area (Å²) in [7, 11) is 0. The molecule has 1 heterocycles. The average Bonchev–Trinajstić information content (AvgIpc) is 3.29. The molecule has 3 rings (SSSR count). The van der Waals surface area contributed by atoms with Crippen LogP contribution in [0.1, 0.15) is 54.9 Å². The summed E-state index contributed by atoms with van der Waals surface area (Å²) in [6.07, 6.45) is 1.55. The summed E-state index contributed by atoms with van der Waals surface area (Å²) < 4.78 is 11.0. The van der Waals surface area contributed by atoms with Crippen LogP contribution in [0.4, 0.5) is 0 Å². The van der Waals surface area contributed by atoms with Crippen molar-refractivity contribution in [2.45, 2.75) is 52.3 Å². The number of ether oxygens (including phenoxy) is 1. The molecule has 0 spiro atoms. The van der Waals surface area contributed by atoms with Crippen molar-refractivity contribution < 1.29 is 18.7 Å². The molecule has 0 bridgehead atoms. The molecule has 0 fully saturated rings. The minimum Gasteiger partial charge on any atom is -0.489 e. The van der Waals surface area contributed by atoms with Gasteiger partial charge in [-0.2, -0.15) is 0 Å². The molecule has 0 aliphatic heterocycles. The molecule has 6 heteroatoms. The number of amides is 2. The van der Waals surface area contributed by atoms with Gasteiger partial charge in [0.15, 0.2) is 0 Å². The third-order valence-corrected chi connectivity index (χ3v) is 5.10. The molecule has 0 aliphatic rings. The zero-order valence-corrected chi connectivity index (χ0v) is 19.0. The molecular formula is C26H30N2O4. The highest BCUT2D eigenvalue weighted by Crippen LogP contribution is 2.24. The Labute approximate surface area is 189 Å². The number of rotatable bonds is 8. The van der Waals surface area contributed by atoms with Crippen LogP contribution in [0.3, 0.4) is 0 Å². The van der Waals surface area contributed by atoms with Crippen molar-refractivity contribution >= 4 is 11.8 Å². The number of hydrogen-bond acceptors (Lipinski definition) is 4. The molecule has 6 nitrogen and oxygen atoms in total. The fourth-order valence-electron chi connectivity index (χ4n) is 3.06. The first-order valence-electron chi connectivity index (χ1n) is 10.7. The van der Waals surface area contributed by atoms with Crippen LogP contribution in [0, 0.1) is 0 Å². The van der Waals surface area contributed by atoms with Crippen LogP contribution in [0.25, 0.3) is 0 Å². The molecule has 0 saturated heterocycles. The molecule has 0 aliphatic carbocycles. The second-order valence-electron chi connectivity index (χ2n) is 8.75. The van der Waals surface area contributed by atoms with Crippen molar-refractivity contribution in [2.24, 2.45) is 0 Å². The molecule has 1 unspecified atom stereocenters. The topological polar surface area (TPSA) is 80.6 Å². The molecule has 1 atom stereocenters. The van der Waals surface area contributed by atoms with Crippen molar-refractivity contribution in [2.75, 3.05) is 0 Å². The van der Waals surface area contributed by atoms with Gasteiger partial charge in [-0.15, -0.1) is 0 Å². The van der Waals surface area contributed by atoms with E-state index in [-0.39, 0.29) is 23.8 Å². The summed E-state index contributed by atoms with van der Waals surface area (Å²) in [4.78, 5) is 24.6. The summed E-state index contributed by atoms with van der Waals surface area (Å²) in [6.45, 7) is 8.85. The number of nitrogens with one attached hydrogen (secondary N) is 2. The maximum atomic E-state index is 12.5. The van der Waals surface area contributed by atoms with E-state index in [1.54, 1.807) is 37.5 Å². The Morgan fingerprint density at radius 3 is 2.28 bits per heavy atom. The van der Waals surface area contributed by atoms with Crippen molar-refractivity contribution in [3.05, 3.63) is 89.4 Å². The Morgan fingerprint density at radius 1 is 1.00 bits per heavy atom. The third-order valence-electron chi connectivity index (χ3n) is 5.10. The lowest BCUT2D eigenvalue weighted by molar-refractivity contribution is -0.122. The summed E-state index contributed by atoms with van der Waals surface area (Å²) >= 11 is 0. The quantitative estimate of drug-likeness (QED) is 0.543. The minimum absolute atomic E-state index is 0.104. The molecule has 2 N–H and O–H groups in total. The van der Waals surface area contributed by atoms with Gasteiger partial charge in [0, 0.05) is 5.56 Å². The molecule has 2 aromatic carbocycles. The van der Waals surface area contributed by atoms with Crippen molar-refractivity contribution in [1.82, 2.24) is 10.6 Å². The molecule has 1 aromatic heterocycles. The Morgan fingerprint density at radius 2 is 1.69 bits per heavy atom. The van der Waals surface area contributed by atoms with E-state index in [2.05, 4.69) is 43.5 Å². The van der Waals surface area contributed by atoms with Crippen molar-refractivity contribution in [3.63, 3.8) is 0 Å². The fraction of sp³-hybridized carbons (Fsp3) is 0.308. The number of carbonyl (C=O) groups excluding carboxylic acids is 2. The Balaban J connectivity index is 1.47. The molecule has 0 saturated carbocycles. The number of hydrogen-bond donors (Lipinski definition) is 2. The van der Waals surface area contributed by atoms with Gasteiger partial charge >= 0.3 is 0 Å². The van der Waals surface area contributed by atoms with Gasteiger partial charge in [0.25, 0.3) is 5.91 Å². The first-order chi connectivity index (χ1) is 15.2. The van der Waals surface area contributed by atoms with E-state index in [1.165, 1.54) is 5.56 Å². The van der Waals surface area contributed by atoms with Gasteiger partial charge in [0.05, 0.1) is 12.8 Å². The maximum Gasteiger partial charge on any atom is 0.251 e. The summed E-state index contributed by atoms with van der Waals surface area (Å²) in [5.41, 5.74) is 2.79. The second kappa shape index (κ2) is 10.2. The van der Waals surface area contributed by atoms with Crippen LogP contribution in [0.5, 0.6) is 5.75 Å². The lowest BCUT2D eigenvalue weighted by Gasteiger charge is -2.19. The zero-order valence-electron chi connectivity index (χ0n) is 19.0. The minimum atomic E-state index is -0.670. The SMILES string of the molecule is CC(NC(=O)c1ccc(COc2ccc(C(C)(C)C)cc2)cc1)C(=O)NCc1ccco1. The van der Waals surface area contributed by atoms with E-state index in [1.807, 2.05) is 24.3 Å². The van der Waals surface area contributed by atoms with E-state index >= 15 is 0 Å². The van der Waals surface area contributed by atoms with Crippen LogP contribution < -0.4 is 15.4 Å². The van der Waals surface area contributed by atoms with Crippen LogP contribution in [-0.2, 0) is 23.4 Å². The smallest absolute Gasteiger partial charge is 0.251 e. The van der Waals surface area contributed by atoms with Gasteiger partial charge in [0.1, 0.15) is 24.2 Å². The van der Waals surface area contributed by atoms with Gasteiger partial charge in [-0.3, -0.25) is 9.59 Å². The van der Waals surface area contributed by atoms with Crippen LogP contribution in [0.15, 0.2) is 71.3 Å². The second-order valence-corrected chi connectivity index (χ2v) is 8.75. The summed E-state index contributed by atoms with van der Waals surface area (Å²) in [5.74, 6) is 0.863. The summed E-state index contributed by atoms with van der Waals surface area (Å²) in [6, 6.07) is 18.1. The van der Waals surface area contributed by atoms with Gasteiger partial charge in [-0.25, -0.2) is 0 Å². The largest absolute Gasteiger partial charge is 0.489 e. The van der Waals surface area contributed by atoms with E-state index in [4.69, 9.17) is 9.15 Å². The number of carbonyl (C=O) groups is 2. The highest BCUT2D eigenvalue weighted by Gasteiger charge is 2.17. The Kier molecular flexibility index (Phi) is 7.36. The van der Waals surface area contributed by atoms with Gasteiger partial charge < -0.3 is 19.8 Å². The Bertz CT molecular complexity index is 1020. The first kappa shape index (κ1) is 23.1. The van der Waals surface area contributed by atoms with Gasteiger partial charge in [-0.1, -0.05) is 45.0 Å². The van der Waals surface area contributed by atoms with Gasteiger partial charge in [-0.05, 0) is 59.9 Å². The highest BCUT2D eigenvalue weighted by molar-refractivity contribution is 5.97. The Hall–Kier alpha value is -3.54. The van der Waals surface area contributed by atoms with E-state index < -0.39 is 6.04 Å². The molecule has 168 valence electrons.